The first-order valence-electron chi connectivity index (χ1n) is 20.2. The molecular formula is C41H61N5O7S2. The number of hydrogen-bond donors (Lipinski definition) is 4. The maximum atomic E-state index is 14.9. The van der Waals surface area contributed by atoms with Crippen LogP contribution in [-0.2, 0) is 24.0 Å². The Balaban J connectivity index is 1.41. The summed E-state index contributed by atoms with van der Waals surface area (Å²) in [7, 11) is 0. The number of carbonyl (C=O) groups is 7. The van der Waals surface area contributed by atoms with Crippen LogP contribution < -0.4 is 16.0 Å². The van der Waals surface area contributed by atoms with Gasteiger partial charge in [0, 0.05) is 42.6 Å². The van der Waals surface area contributed by atoms with Crippen LogP contribution in [0.25, 0.3) is 0 Å². The van der Waals surface area contributed by atoms with Crippen LogP contribution in [0.4, 0.5) is 0 Å². The third-order valence-electron chi connectivity index (χ3n) is 11.7. The van der Waals surface area contributed by atoms with E-state index in [4.69, 9.17) is 0 Å². The molecule has 304 valence electrons. The van der Waals surface area contributed by atoms with Crippen molar-refractivity contribution in [3.63, 3.8) is 0 Å². The second-order valence-corrected chi connectivity index (χ2v) is 20.4. The molecule has 0 bridgehead atoms. The summed E-state index contributed by atoms with van der Waals surface area (Å²) >= 11 is 3.49. The molecule has 0 unspecified atom stereocenters. The van der Waals surface area contributed by atoms with Crippen molar-refractivity contribution in [3.05, 3.63) is 22.5 Å². The summed E-state index contributed by atoms with van der Waals surface area (Å²) < 4.78 is -0.423. The van der Waals surface area contributed by atoms with Crippen LogP contribution in [0.3, 0.4) is 0 Å². The Kier molecular flexibility index (Phi) is 14.1. The van der Waals surface area contributed by atoms with Crippen molar-refractivity contribution in [1.29, 1.82) is 0 Å². The summed E-state index contributed by atoms with van der Waals surface area (Å²) in [5.74, 6) is -2.17. The van der Waals surface area contributed by atoms with E-state index in [0.29, 0.717) is 24.9 Å². The van der Waals surface area contributed by atoms with Crippen molar-refractivity contribution in [2.24, 2.45) is 17.3 Å². The largest absolute Gasteiger partial charge is 0.355 e. The highest BCUT2D eigenvalue weighted by Crippen LogP contribution is 2.51. The molecule has 0 aromatic carbocycles. The Morgan fingerprint density at radius 3 is 2.16 bits per heavy atom. The van der Waals surface area contributed by atoms with Crippen LogP contribution in [-0.4, -0.2) is 97.2 Å². The molecule has 4 fully saturated rings. The molecule has 4 aliphatic rings. The number of nitrogens with one attached hydrogen (secondary N) is 4. The first-order chi connectivity index (χ1) is 26.0. The zero-order valence-electron chi connectivity index (χ0n) is 33.7. The number of aromatic amines is 1. The lowest BCUT2D eigenvalue weighted by Crippen LogP contribution is -2.60. The van der Waals surface area contributed by atoms with Gasteiger partial charge in [-0.1, -0.05) is 53.4 Å². The summed E-state index contributed by atoms with van der Waals surface area (Å²) in [5.41, 5.74) is 1.26. The molecule has 1 spiro atoms. The van der Waals surface area contributed by atoms with E-state index >= 15 is 0 Å². The molecule has 1 aromatic heterocycles. The number of amides is 4. The lowest BCUT2D eigenvalue weighted by atomic mass is 9.76. The summed E-state index contributed by atoms with van der Waals surface area (Å²) in [6.07, 6.45) is 8.30. The molecule has 5 rings (SSSR count). The molecule has 2 saturated heterocycles. The number of carbonyl (C=O) groups excluding carboxylic acids is 7. The van der Waals surface area contributed by atoms with Gasteiger partial charge in [-0.3, -0.25) is 33.6 Å². The van der Waals surface area contributed by atoms with Crippen molar-refractivity contribution >= 4 is 64.5 Å². The number of likely N-dealkylation sites (tertiary alicyclic amines) is 1. The lowest BCUT2D eigenvalue weighted by molar-refractivity contribution is -0.145. The molecule has 1 aromatic rings. The van der Waals surface area contributed by atoms with Gasteiger partial charge >= 0.3 is 0 Å². The maximum Gasteiger partial charge on any atom is 0.289 e. The number of H-pyrrole nitrogens is 1. The van der Waals surface area contributed by atoms with E-state index in [9.17, 15) is 33.6 Å². The smallest absolute Gasteiger partial charge is 0.289 e. The van der Waals surface area contributed by atoms with Gasteiger partial charge < -0.3 is 25.8 Å². The molecule has 55 heavy (non-hydrogen) atoms. The van der Waals surface area contributed by atoms with Gasteiger partial charge in [-0.05, 0) is 87.7 Å². The Morgan fingerprint density at radius 2 is 1.58 bits per heavy atom. The Hall–Kier alpha value is -3.13. The fraction of sp³-hybridized carbons (Fsp3) is 0.732. The Bertz CT molecular complexity index is 1650. The number of aryl methyl sites for hydroxylation is 1. The minimum atomic E-state index is -1.02. The highest BCUT2D eigenvalue weighted by molar-refractivity contribution is 8.18. The molecule has 3 heterocycles. The monoisotopic (exact) mass is 799 g/mol. The highest BCUT2D eigenvalue weighted by atomic mass is 32.2. The van der Waals surface area contributed by atoms with E-state index in [1.54, 1.807) is 35.3 Å². The molecule has 12 nitrogen and oxygen atoms in total. The van der Waals surface area contributed by atoms with Gasteiger partial charge in [0.15, 0.2) is 11.6 Å². The minimum absolute atomic E-state index is 0.00200. The molecule has 0 radical (unpaired) electrons. The predicted molar refractivity (Wildman–Crippen MR) is 216 cm³/mol. The van der Waals surface area contributed by atoms with Gasteiger partial charge in [-0.2, -0.15) is 0 Å². The second kappa shape index (κ2) is 18.0. The van der Waals surface area contributed by atoms with Gasteiger partial charge in [-0.15, -0.1) is 23.5 Å². The number of rotatable bonds is 15. The van der Waals surface area contributed by atoms with E-state index in [1.165, 1.54) is 6.92 Å². The van der Waals surface area contributed by atoms with Crippen LogP contribution in [0.15, 0.2) is 0 Å². The van der Waals surface area contributed by atoms with Gasteiger partial charge in [-0.25, -0.2) is 0 Å². The number of nitrogens with zero attached hydrogens (tertiary/aromatic N) is 1. The van der Waals surface area contributed by atoms with Crippen LogP contribution in [0.1, 0.15) is 144 Å². The molecule has 4 amide bonds. The number of thioether (sulfide) groups is 2. The quantitative estimate of drug-likeness (QED) is 0.133. The van der Waals surface area contributed by atoms with Crippen LogP contribution in [0.2, 0.25) is 0 Å². The first kappa shape index (κ1) is 43.0. The van der Waals surface area contributed by atoms with Crippen molar-refractivity contribution in [1.82, 2.24) is 25.8 Å². The predicted octanol–water partition coefficient (Wildman–Crippen LogP) is 5.43. The molecule has 2 aliphatic heterocycles. The summed E-state index contributed by atoms with van der Waals surface area (Å²) in [4.78, 5) is 101. The molecule has 4 N–H and O–H groups in total. The average Bonchev–Trinajstić information content (AvgIpc) is 3.81. The zero-order valence-corrected chi connectivity index (χ0v) is 35.3. The van der Waals surface area contributed by atoms with E-state index < -0.39 is 57.0 Å². The zero-order chi connectivity index (χ0) is 40.2. The number of ketones is 3. The van der Waals surface area contributed by atoms with E-state index in [2.05, 4.69) is 20.9 Å². The van der Waals surface area contributed by atoms with Crippen LogP contribution >= 0.6 is 23.5 Å². The van der Waals surface area contributed by atoms with Crippen LogP contribution in [0.5, 0.6) is 0 Å². The fourth-order valence-electron chi connectivity index (χ4n) is 8.34. The molecule has 2 saturated carbocycles. The van der Waals surface area contributed by atoms with Gasteiger partial charge in [0.05, 0.1) is 15.8 Å². The van der Waals surface area contributed by atoms with E-state index in [1.807, 2.05) is 34.6 Å². The second-order valence-electron chi connectivity index (χ2n) is 17.2. The number of Topliss-reactive ketones (excluding diaryl/α,β-unsaturated/α-hetero) is 3. The average molecular weight is 800 g/mol. The van der Waals surface area contributed by atoms with Crippen molar-refractivity contribution < 1.29 is 33.6 Å². The molecular weight excluding hydrogens is 739 g/mol. The van der Waals surface area contributed by atoms with Crippen molar-refractivity contribution in [2.75, 3.05) is 18.1 Å². The van der Waals surface area contributed by atoms with E-state index in [0.717, 1.165) is 74.1 Å². The SMILES string of the molecule is CCC[C@H](NC(=O)[C@@H]1CC2(CN1C(=O)[C@@H](NC(=O)[C@@H](CC(=O)c1[nH]c(C)c(C)c1C(C)=O)C1CCCCC1)C(C)(C)C)SCCCS2)C(=O)C(=O)NC1CC1. The third kappa shape index (κ3) is 10.3. The third-order valence-corrected chi connectivity index (χ3v) is 15.1. The normalized spacial score (nSPS) is 21.7. The Morgan fingerprint density at radius 1 is 0.927 bits per heavy atom. The summed E-state index contributed by atoms with van der Waals surface area (Å²) in [5, 5.41) is 8.70. The standard InChI is InChI=1S/C41H61N5O7S2/c1-8-13-29(34(49)38(52)43-27-16-17-27)44-37(51)30-21-41(54-18-12-19-55-41)22-46(30)39(53)35(40(5,6)7)45-36(50)28(26-14-10-9-11-15-26)20-31(48)33-32(25(4)47)23(2)24(3)42-33/h26-30,35,42H,8-22H2,1-7H3,(H,43,52)(H,44,51)(H,45,50)/t28-,29-,30-,35+/m0/s1. The van der Waals surface area contributed by atoms with Crippen molar-refractivity contribution in [2.45, 2.75) is 154 Å². The summed E-state index contributed by atoms with van der Waals surface area (Å²) in [6, 6.07) is -2.95. The topological polar surface area (TPSA) is 175 Å². The molecule has 4 atom stereocenters. The summed E-state index contributed by atoms with van der Waals surface area (Å²) in [6.45, 7) is 12.9. The van der Waals surface area contributed by atoms with Gasteiger partial charge in [0.25, 0.3) is 5.91 Å². The first-order valence-corrected chi connectivity index (χ1v) is 22.2. The molecule has 14 heteroatoms. The lowest BCUT2D eigenvalue weighted by Gasteiger charge is -2.38. The highest BCUT2D eigenvalue weighted by Gasteiger charge is 2.53. The molecule has 2 aliphatic carbocycles. The number of hydrogen-bond acceptors (Lipinski definition) is 9. The van der Waals surface area contributed by atoms with Gasteiger partial charge in [0.1, 0.15) is 12.1 Å². The van der Waals surface area contributed by atoms with Gasteiger partial charge in [0.2, 0.25) is 23.5 Å². The van der Waals surface area contributed by atoms with Crippen molar-refractivity contribution in [3.8, 4) is 0 Å². The number of aromatic nitrogens is 1. The maximum absolute atomic E-state index is 14.9. The van der Waals surface area contributed by atoms with E-state index in [-0.39, 0.29) is 48.0 Å². The fourth-order valence-corrected chi connectivity index (χ4v) is 11.7. The Labute approximate surface area is 334 Å². The van der Waals surface area contributed by atoms with Crippen LogP contribution in [0, 0.1) is 31.1 Å². The minimum Gasteiger partial charge on any atom is -0.355 e.